The fraction of sp³-hybridized carbons (Fsp3) is 0.462. The van der Waals surface area contributed by atoms with Gasteiger partial charge in [-0.3, -0.25) is 10.2 Å². The fourth-order valence-electron chi connectivity index (χ4n) is 1.54. The van der Waals surface area contributed by atoms with Crippen LogP contribution in [0.15, 0.2) is 24.3 Å². The van der Waals surface area contributed by atoms with E-state index < -0.39 is 0 Å². The van der Waals surface area contributed by atoms with Gasteiger partial charge in [-0.15, -0.1) is 0 Å². The number of ether oxygens (including phenoxy) is 1. The average Bonchev–Trinajstić information content (AvgIpc) is 2.30. The Hall–Kier alpha value is -1.55. The standard InChI is InChI=1S/C13H20N2O2/c1-10(2)11-6-4-5-7-12(11)17-9-8-13(16)15-14-3/h4-7,10,14H,8-9H2,1-3H3,(H,15,16). The highest BCUT2D eigenvalue weighted by molar-refractivity contribution is 5.75. The summed E-state index contributed by atoms with van der Waals surface area (Å²) in [5.74, 6) is 1.20. The molecule has 0 radical (unpaired) electrons. The maximum atomic E-state index is 11.2. The number of hydrazine groups is 1. The summed E-state index contributed by atoms with van der Waals surface area (Å²) in [6.45, 7) is 4.63. The average molecular weight is 236 g/mol. The van der Waals surface area contributed by atoms with Crippen LogP contribution in [-0.2, 0) is 4.79 Å². The van der Waals surface area contributed by atoms with Gasteiger partial charge in [0.05, 0.1) is 13.0 Å². The van der Waals surface area contributed by atoms with E-state index >= 15 is 0 Å². The van der Waals surface area contributed by atoms with Crippen molar-refractivity contribution in [2.75, 3.05) is 13.7 Å². The first kappa shape index (κ1) is 13.5. The zero-order valence-corrected chi connectivity index (χ0v) is 10.6. The van der Waals surface area contributed by atoms with E-state index in [0.717, 1.165) is 5.75 Å². The Morgan fingerprint density at radius 2 is 2.06 bits per heavy atom. The van der Waals surface area contributed by atoms with Gasteiger partial charge in [-0.05, 0) is 17.5 Å². The molecule has 1 aromatic rings. The van der Waals surface area contributed by atoms with E-state index in [1.165, 1.54) is 5.56 Å². The summed E-state index contributed by atoms with van der Waals surface area (Å²) in [5.41, 5.74) is 6.26. The van der Waals surface area contributed by atoms with Crippen LogP contribution < -0.4 is 15.6 Å². The molecule has 0 bridgehead atoms. The summed E-state index contributed by atoms with van der Waals surface area (Å²) >= 11 is 0. The Labute approximate surface area is 102 Å². The monoisotopic (exact) mass is 236 g/mol. The molecule has 94 valence electrons. The lowest BCUT2D eigenvalue weighted by Crippen LogP contribution is -2.34. The molecule has 0 aromatic heterocycles. The van der Waals surface area contributed by atoms with Crippen molar-refractivity contribution in [1.82, 2.24) is 10.9 Å². The number of hydrogen-bond acceptors (Lipinski definition) is 3. The number of carbonyl (C=O) groups is 1. The smallest absolute Gasteiger partial charge is 0.237 e. The SMILES string of the molecule is CNNC(=O)CCOc1ccccc1C(C)C. The van der Waals surface area contributed by atoms with Crippen LogP contribution in [0, 0.1) is 0 Å². The van der Waals surface area contributed by atoms with Gasteiger partial charge in [0.1, 0.15) is 5.75 Å². The van der Waals surface area contributed by atoms with E-state index in [-0.39, 0.29) is 5.91 Å². The van der Waals surface area contributed by atoms with E-state index in [1.807, 2.05) is 24.3 Å². The number of amides is 1. The summed E-state index contributed by atoms with van der Waals surface area (Å²) in [4.78, 5) is 11.2. The number of para-hydroxylation sites is 1. The highest BCUT2D eigenvalue weighted by atomic mass is 16.5. The Bertz CT molecular complexity index is 364. The molecule has 2 N–H and O–H groups in total. The van der Waals surface area contributed by atoms with E-state index in [9.17, 15) is 4.79 Å². The number of carbonyl (C=O) groups excluding carboxylic acids is 1. The molecular formula is C13H20N2O2. The second-order valence-electron chi connectivity index (χ2n) is 4.09. The van der Waals surface area contributed by atoms with Crippen molar-refractivity contribution < 1.29 is 9.53 Å². The van der Waals surface area contributed by atoms with Crippen LogP contribution >= 0.6 is 0 Å². The highest BCUT2D eigenvalue weighted by Gasteiger charge is 2.07. The summed E-state index contributed by atoms with van der Waals surface area (Å²) in [6, 6.07) is 7.92. The lowest BCUT2D eigenvalue weighted by Gasteiger charge is -2.13. The van der Waals surface area contributed by atoms with Crippen LogP contribution in [0.4, 0.5) is 0 Å². The first-order valence-electron chi connectivity index (χ1n) is 5.82. The Morgan fingerprint density at radius 3 is 2.71 bits per heavy atom. The molecule has 0 saturated carbocycles. The lowest BCUT2D eigenvalue weighted by molar-refractivity contribution is -0.122. The van der Waals surface area contributed by atoms with E-state index in [2.05, 4.69) is 24.7 Å². The minimum Gasteiger partial charge on any atom is -0.493 e. The van der Waals surface area contributed by atoms with Crippen LogP contribution in [0.3, 0.4) is 0 Å². The molecule has 0 aliphatic carbocycles. The summed E-state index contributed by atoms with van der Waals surface area (Å²) in [6.07, 6.45) is 0.341. The molecule has 4 heteroatoms. The van der Waals surface area contributed by atoms with Crippen LogP contribution in [0.25, 0.3) is 0 Å². The predicted octanol–water partition coefficient (Wildman–Crippen LogP) is 1.83. The Kier molecular flexibility index (Phi) is 5.49. The fourth-order valence-corrected chi connectivity index (χ4v) is 1.54. The quantitative estimate of drug-likeness (QED) is 0.741. The van der Waals surface area contributed by atoms with Gasteiger partial charge in [-0.2, -0.15) is 0 Å². The second-order valence-corrected chi connectivity index (χ2v) is 4.09. The van der Waals surface area contributed by atoms with E-state index in [1.54, 1.807) is 7.05 Å². The van der Waals surface area contributed by atoms with Gasteiger partial charge in [0.15, 0.2) is 0 Å². The molecule has 1 aromatic carbocycles. The topological polar surface area (TPSA) is 50.4 Å². The molecule has 1 rings (SSSR count). The molecule has 0 unspecified atom stereocenters. The first-order chi connectivity index (χ1) is 8.15. The summed E-state index contributed by atoms with van der Waals surface area (Å²) < 4.78 is 5.63. The van der Waals surface area contributed by atoms with Crippen LogP contribution in [0.1, 0.15) is 31.7 Å². The number of benzene rings is 1. The number of hydrogen-bond donors (Lipinski definition) is 2. The van der Waals surface area contributed by atoms with Crippen LogP contribution in [0.2, 0.25) is 0 Å². The molecule has 0 spiro atoms. The molecular weight excluding hydrogens is 216 g/mol. The van der Waals surface area contributed by atoms with Crippen molar-refractivity contribution in [1.29, 1.82) is 0 Å². The molecule has 17 heavy (non-hydrogen) atoms. The maximum Gasteiger partial charge on any atom is 0.237 e. The zero-order chi connectivity index (χ0) is 12.7. The lowest BCUT2D eigenvalue weighted by atomic mass is 10.0. The minimum atomic E-state index is -0.0745. The van der Waals surface area contributed by atoms with Gasteiger partial charge in [0.25, 0.3) is 0 Å². The van der Waals surface area contributed by atoms with E-state index in [0.29, 0.717) is 18.9 Å². The highest BCUT2D eigenvalue weighted by Crippen LogP contribution is 2.25. The molecule has 1 amide bonds. The molecule has 0 saturated heterocycles. The van der Waals surface area contributed by atoms with Crippen molar-refractivity contribution >= 4 is 5.91 Å². The van der Waals surface area contributed by atoms with Crippen molar-refractivity contribution in [2.24, 2.45) is 0 Å². The van der Waals surface area contributed by atoms with Crippen molar-refractivity contribution in [3.63, 3.8) is 0 Å². The third kappa shape index (κ3) is 4.44. The molecule has 0 aliphatic rings. The van der Waals surface area contributed by atoms with Gasteiger partial charge in [0, 0.05) is 7.05 Å². The summed E-state index contributed by atoms with van der Waals surface area (Å²) in [5, 5.41) is 0. The van der Waals surface area contributed by atoms with Crippen molar-refractivity contribution in [2.45, 2.75) is 26.2 Å². The summed E-state index contributed by atoms with van der Waals surface area (Å²) in [7, 11) is 1.66. The molecule has 0 fully saturated rings. The third-order valence-corrected chi connectivity index (χ3v) is 2.39. The van der Waals surface area contributed by atoms with Gasteiger partial charge in [0.2, 0.25) is 5.91 Å². The number of rotatable bonds is 6. The molecule has 0 atom stereocenters. The largest absolute Gasteiger partial charge is 0.493 e. The predicted molar refractivity (Wildman–Crippen MR) is 67.8 cm³/mol. The minimum absolute atomic E-state index is 0.0745. The molecule has 0 aliphatic heterocycles. The Balaban J connectivity index is 2.49. The second kappa shape index (κ2) is 6.91. The van der Waals surface area contributed by atoms with Crippen LogP contribution in [-0.4, -0.2) is 19.6 Å². The number of nitrogens with one attached hydrogen (secondary N) is 2. The molecule has 4 nitrogen and oxygen atoms in total. The molecule has 0 heterocycles. The van der Waals surface area contributed by atoms with Crippen LogP contribution in [0.5, 0.6) is 5.75 Å². The van der Waals surface area contributed by atoms with Crippen molar-refractivity contribution in [3.8, 4) is 5.75 Å². The van der Waals surface area contributed by atoms with Gasteiger partial charge in [-0.1, -0.05) is 32.0 Å². The third-order valence-electron chi connectivity index (χ3n) is 2.39. The van der Waals surface area contributed by atoms with Crippen molar-refractivity contribution in [3.05, 3.63) is 29.8 Å². The normalized spacial score (nSPS) is 10.4. The van der Waals surface area contributed by atoms with Gasteiger partial charge >= 0.3 is 0 Å². The van der Waals surface area contributed by atoms with Gasteiger partial charge < -0.3 is 4.74 Å². The Morgan fingerprint density at radius 1 is 1.35 bits per heavy atom. The van der Waals surface area contributed by atoms with E-state index in [4.69, 9.17) is 4.74 Å². The van der Waals surface area contributed by atoms with Gasteiger partial charge in [-0.25, -0.2) is 5.43 Å². The zero-order valence-electron chi connectivity index (χ0n) is 10.6. The first-order valence-corrected chi connectivity index (χ1v) is 5.82. The maximum absolute atomic E-state index is 11.2.